The molecule has 0 radical (unpaired) electrons. The second-order valence-electron chi connectivity index (χ2n) is 4.67. The van der Waals surface area contributed by atoms with E-state index >= 15 is 0 Å². The molecule has 0 aliphatic heterocycles. The van der Waals surface area contributed by atoms with Crippen molar-refractivity contribution in [1.82, 2.24) is 9.78 Å². The van der Waals surface area contributed by atoms with E-state index in [0.717, 1.165) is 15.7 Å². The molecule has 4 nitrogen and oxygen atoms in total. The number of halogens is 2. The zero-order valence-electron chi connectivity index (χ0n) is 11.4. The van der Waals surface area contributed by atoms with Crippen molar-refractivity contribution < 1.29 is 9.18 Å². The molecule has 6 heteroatoms. The van der Waals surface area contributed by atoms with Crippen molar-refractivity contribution in [2.24, 2.45) is 0 Å². The molecule has 2 aromatic rings. The van der Waals surface area contributed by atoms with Crippen molar-refractivity contribution in [1.29, 1.82) is 0 Å². The highest BCUT2D eigenvalue weighted by molar-refractivity contribution is 9.10. The van der Waals surface area contributed by atoms with Crippen LogP contribution in [0.3, 0.4) is 0 Å². The Morgan fingerprint density at radius 1 is 1.45 bits per heavy atom. The molecule has 0 fully saturated rings. The lowest BCUT2D eigenvalue weighted by Gasteiger charge is -2.15. The Bertz CT molecular complexity index is 654. The lowest BCUT2D eigenvalue weighted by Crippen LogP contribution is -2.25. The fourth-order valence-electron chi connectivity index (χ4n) is 1.88. The van der Waals surface area contributed by atoms with Gasteiger partial charge >= 0.3 is 0 Å². The Kier molecular flexibility index (Phi) is 4.23. The number of anilines is 1. The summed E-state index contributed by atoms with van der Waals surface area (Å²) in [6, 6.07) is 4.07. The molecule has 1 amide bonds. The van der Waals surface area contributed by atoms with Crippen LogP contribution in [0, 0.1) is 19.7 Å². The Morgan fingerprint density at radius 2 is 2.15 bits per heavy atom. The summed E-state index contributed by atoms with van der Waals surface area (Å²) >= 11 is 3.35. The van der Waals surface area contributed by atoms with Crippen LogP contribution in [-0.4, -0.2) is 15.7 Å². The highest BCUT2D eigenvalue weighted by Crippen LogP contribution is 2.21. The van der Waals surface area contributed by atoms with Crippen molar-refractivity contribution >= 4 is 27.5 Å². The van der Waals surface area contributed by atoms with Crippen molar-refractivity contribution in [3.8, 4) is 0 Å². The Morgan fingerprint density at radius 3 is 2.75 bits per heavy atom. The summed E-state index contributed by atoms with van der Waals surface area (Å²) in [4.78, 5) is 12.2. The second-order valence-corrected chi connectivity index (χ2v) is 5.53. The first-order valence-electron chi connectivity index (χ1n) is 6.16. The lowest BCUT2D eigenvalue weighted by molar-refractivity contribution is -0.119. The number of nitrogens with one attached hydrogen (secondary N) is 1. The monoisotopic (exact) mass is 339 g/mol. The summed E-state index contributed by atoms with van der Waals surface area (Å²) in [5.41, 5.74) is 1.91. The molecule has 0 aliphatic rings. The van der Waals surface area contributed by atoms with Gasteiger partial charge in [0, 0.05) is 0 Å². The first-order valence-corrected chi connectivity index (χ1v) is 6.96. The molecule has 1 N–H and O–H groups in total. The average Bonchev–Trinajstić information content (AvgIpc) is 2.73. The first kappa shape index (κ1) is 14.7. The number of hydrogen-bond donors (Lipinski definition) is 1. The Hall–Kier alpha value is -1.69. The highest BCUT2D eigenvalue weighted by Gasteiger charge is 2.19. The van der Waals surface area contributed by atoms with Crippen molar-refractivity contribution in [2.75, 3.05) is 5.32 Å². The van der Waals surface area contributed by atoms with Crippen LogP contribution < -0.4 is 5.32 Å². The topological polar surface area (TPSA) is 46.9 Å². The summed E-state index contributed by atoms with van der Waals surface area (Å²) < 4.78 is 16.1. The lowest BCUT2D eigenvalue weighted by atomic mass is 10.2. The second kappa shape index (κ2) is 5.75. The summed E-state index contributed by atoms with van der Waals surface area (Å²) in [6.45, 7) is 5.41. The average molecular weight is 340 g/mol. The zero-order chi connectivity index (χ0) is 14.9. The third-order valence-corrected chi connectivity index (χ3v) is 3.89. The van der Waals surface area contributed by atoms with E-state index in [2.05, 4.69) is 26.3 Å². The van der Waals surface area contributed by atoms with Crippen LogP contribution in [0.1, 0.15) is 24.2 Å². The van der Waals surface area contributed by atoms with Gasteiger partial charge in [0.05, 0.1) is 22.1 Å². The van der Waals surface area contributed by atoms with Gasteiger partial charge in [-0.15, -0.1) is 0 Å². The fraction of sp³-hybridized carbons (Fsp3) is 0.286. The number of rotatable bonds is 3. The molecule has 1 heterocycles. The maximum absolute atomic E-state index is 13.6. The molecule has 2 rings (SSSR count). The maximum Gasteiger partial charge on any atom is 0.249 e. The predicted molar refractivity (Wildman–Crippen MR) is 79.1 cm³/mol. The number of hydrogen-bond acceptors (Lipinski definition) is 2. The number of carbonyl (C=O) groups excluding carboxylic acids is 1. The van der Waals surface area contributed by atoms with Crippen LogP contribution >= 0.6 is 15.9 Å². The molecule has 1 aromatic heterocycles. The Balaban J connectivity index is 2.20. The van der Waals surface area contributed by atoms with Gasteiger partial charge in [-0.3, -0.25) is 9.48 Å². The van der Waals surface area contributed by atoms with Gasteiger partial charge in [0.25, 0.3) is 0 Å². The number of carbonyl (C=O) groups is 1. The molecule has 106 valence electrons. The summed E-state index contributed by atoms with van der Waals surface area (Å²) in [5.74, 6) is -0.761. The molecule has 1 aromatic carbocycles. The SMILES string of the molecule is Cc1ccc(F)c(NC(=O)C(C)n2ncc(Br)c2C)c1. The summed E-state index contributed by atoms with van der Waals surface area (Å²) in [5, 5.41) is 6.73. The van der Waals surface area contributed by atoms with Gasteiger partial charge in [0.1, 0.15) is 11.9 Å². The number of amides is 1. The number of aryl methyl sites for hydroxylation is 1. The fourth-order valence-corrected chi connectivity index (χ4v) is 2.15. The van der Waals surface area contributed by atoms with Crippen LogP contribution in [0.2, 0.25) is 0 Å². The minimum absolute atomic E-state index is 0.186. The largest absolute Gasteiger partial charge is 0.322 e. The normalized spacial score (nSPS) is 12.2. The van der Waals surface area contributed by atoms with E-state index in [0.29, 0.717) is 0 Å². The number of aromatic nitrogens is 2. The molecular weight excluding hydrogens is 325 g/mol. The van der Waals surface area contributed by atoms with Crippen molar-refractivity contribution in [3.05, 3.63) is 45.9 Å². The van der Waals surface area contributed by atoms with Gasteiger partial charge in [0.2, 0.25) is 5.91 Å². The van der Waals surface area contributed by atoms with Gasteiger partial charge in [-0.05, 0) is 54.4 Å². The minimum Gasteiger partial charge on any atom is -0.322 e. The maximum atomic E-state index is 13.6. The van der Waals surface area contributed by atoms with Crippen LogP contribution in [0.15, 0.2) is 28.9 Å². The predicted octanol–water partition coefficient (Wildman–Crippen LogP) is 3.60. The van der Waals surface area contributed by atoms with Gasteiger partial charge in [0.15, 0.2) is 0 Å². The van der Waals surface area contributed by atoms with E-state index in [9.17, 15) is 9.18 Å². The van der Waals surface area contributed by atoms with Gasteiger partial charge in [-0.25, -0.2) is 4.39 Å². The number of benzene rings is 1. The Labute approximate surface area is 125 Å². The number of nitrogens with zero attached hydrogens (tertiary/aromatic N) is 2. The van der Waals surface area contributed by atoms with Crippen LogP contribution in [0.25, 0.3) is 0 Å². The van der Waals surface area contributed by atoms with Crippen LogP contribution in [0.5, 0.6) is 0 Å². The van der Waals surface area contributed by atoms with Crippen LogP contribution in [-0.2, 0) is 4.79 Å². The van der Waals surface area contributed by atoms with Gasteiger partial charge in [-0.2, -0.15) is 5.10 Å². The molecule has 0 saturated heterocycles. The molecule has 0 saturated carbocycles. The van der Waals surface area contributed by atoms with Crippen LogP contribution in [0.4, 0.5) is 10.1 Å². The van der Waals surface area contributed by atoms with Gasteiger partial charge < -0.3 is 5.32 Å². The van der Waals surface area contributed by atoms with E-state index in [1.165, 1.54) is 6.07 Å². The zero-order valence-corrected chi connectivity index (χ0v) is 13.0. The molecule has 0 spiro atoms. The molecule has 0 aliphatic carbocycles. The third-order valence-electron chi connectivity index (χ3n) is 3.11. The molecule has 1 unspecified atom stereocenters. The van der Waals surface area contributed by atoms with E-state index in [4.69, 9.17) is 0 Å². The highest BCUT2D eigenvalue weighted by atomic mass is 79.9. The molecule has 20 heavy (non-hydrogen) atoms. The standard InChI is InChI=1S/C14H15BrFN3O/c1-8-4-5-12(16)13(6-8)18-14(20)10(3)19-9(2)11(15)7-17-19/h4-7,10H,1-3H3,(H,18,20). The summed E-state index contributed by atoms with van der Waals surface area (Å²) in [6.07, 6.45) is 1.63. The van der Waals surface area contributed by atoms with Crippen molar-refractivity contribution in [3.63, 3.8) is 0 Å². The quantitative estimate of drug-likeness (QED) is 0.928. The van der Waals surface area contributed by atoms with E-state index < -0.39 is 11.9 Å². The third kappa shape index (κ3) is 2.90. The van der Waals surface area contributed by atoms with Crippen molar-refractivity contribution in [2.45, 2.75) is 26.8 Å². The molecule has 0 bridgehead atoms. The van der Waals surface area contributed by atoms with E-state index in [1.807, 2.05) is 13.8 Å². The minimum atomic E-state index is -0.527. The smallest absolute Gasteiger partial charge is 0.249 e. The first-order chi connectivity index (χ1) is 9.40. The van der Waals surface area contributed by atoms with E-state index in [1.54, 1.807) is 29.9 Å². The van der Waals surface area contributed by atoms with Gasteiger partial charge in [-0.1, -0.05) is 6.07 Å². The van der Waals surface area contributed by atoms with E-state index in [-0.39, 0.29) is 11.6 Å². The summed E-state index contributed by atoms with van der Waals surface area (Å²) in [7, 11) is 0. The molecule has 1 atom stereocenters. The molecular formula is C14H15BrFN3O.